The molecule has 2 saturated carbocycles. The maximum Gasteiger partial charge on any atom is 0.122 e. The van der Waals surface area contributed by atoms with Crippen LogP contribution in [0.5, 0.6) is 11.5 Å². The zero-order chi connectivity index (χ0) is 10.2. The fraction of sp³-hybridized carbons (Fsp3) is 0.538. The van der Waals surface area contributed by atoms with Gasteiger partial charge in [-0.3, -0.25) is 0 Å². The van der Waals surface area contributed by atoms with Gasteiger partial charge >= 0.3 is 0 Å². The van der Waals surface area contributed by atoms with Gasteiger partial charge in [-0.25, -0.2) is 0 Å². The summed E-state index contributed by atoms with van der Waals surface area (Å²) in [5, 5.41) is 0. The Bertz CT molecular complexity index is 419. The van der Waals surface area contributed by atoms with E-state index in [0.717, 1.165) is 35.2 Å². The van der Waals surface area contributed by atoms with Gasteiger partial charge in [-0.2, -0.15) is 0 Å². The second kappa shape index (κ2) is 2.31. The summed E-state index contributed by atoms with van der Waals surface area (Å²) in [6.45, 7) is 0. The van der Waals surface area contributed by atoms with E-state index >= 15 is 0 Å². The molecule has 1 aromatic rings. The maximum atomic E-state index is 5.47. The van der Waals surface area contributed by atoms with Gasteiger partial charge in [0.1, 0.15) is 11.5 Å². The monoisotopic (exact) mass is 202 g/mol. The molecule has 0 aliphatic heterocycles. The van der Waals surface area contributed by atoms with Crippen LogP contribution in [0.1, 0.15) is 29.4 Å². The van der Waals surface area contributed by atoms with Crippen LogP contribution >= 0.6 is 0 Å². The summed E-state index contributed by atoms with van der Waals surface area (Å²) in [5.74, 6) is 5.63. The molecule has 0 amide bonds. The van der Waals surface area contributed by atoms with E-state index in [4.69, 9.17) is 9.47 Å². The summed E-state index contributed by atoms with van der Waals surface area (Å²) in [5.41, 5.74) is 2.91. The molecule has 1 aromatic carbocycles. The van der Waals surface area contributed by atoms with Gasteiger partial charge in [-0.05, 0) is 42.2 Å². The van der Waals surface area contributed by atoms with Crippen LogP contribution in [0.3, 0.4) is 0 Å². The molecule has 4 atom stereocenters. The number of benzene rings is 1. The van der Waals surface area contributed by atoms with Gasteiger partial charge in [0.2, 0.25) is 0 Å². The van der Waals surface area contributed by atoms with Crippen molar-refractivity contribution in [2.75, 3.05) is 14.2 Å². The Morgan fingerprint density at radius 2 is 1.73 bits per heavy atom. The van der Waals surface area contributed by atoms with Gasteiger partial charge in [0, 0.05) is 11.1 Å². The fourth-order valence-corrected chi connectivity index (χ4v) is 3.90. The largest absolute Gasteiger partial charge is 0.496 e. The third kappa shape index (κ3) is 0.715. The van der Waals surface area contributed by atoms with E-state index in [0.29, 0.717) is 0 Å². The topological polar surface area (TPSA) is 18.5 Å². The standard InChI is InChI=1S/C13H14O2/c1-14-8-3-4-9(15-2)13-11(8)6-5-7-10(6)12(7)13/h3-4,6-7,10,12H,5H2,1-2H3/t6-,7+,10+,12+/m1/s1. The highest BCUT2D eigenvalue weighted by molar-refractivity contribution is 5.63. The second-order valence-corrected chi connectivity index (χ2v) is 4.91. The molecular formula is C13H14O2. The molecule has 2 fully saturated rings. The van der Waals surface area contributed by atoms with Crippen molar-refractivity contribution in [2.45, 2.75) is 18.3 Å². The maximum absolute atomic E-state index is 5.47. The number of fused-ring (bicyclic) bond motifs is 4. The van der Waals surface area contributed by atoms with Gasteiger partial charge in [0.05, 0.1) is 14.2 Å². The summed E-state index contributed by atoms with van der Waals surface area (Å²) < 4.78 is 10.9. The zero-order valence-electron chi connectivity index (χ0n) is 8.99. The summed E-state index contributed by atoms with van der Waals surface area (Å²) in [6, 6.07) is 4.10. The van der Waals surface area contributed by atoms with Gasteiger partial charge in [-0.15, -0.1) is 0 Å². The number of methoxy groups -OCH3 is 2. The van der Waals surface area contributed by atoms with Crippen LogP contribution < -0.4 is 9.47 Å². The van der Waals surface area contributed by atoms with Crippen LogP contribution in [0.15, 0.2) is 12.1 Å². The van der Waals surface area contributed by atoms with Crippen molar-refractivity contribution in [2.24, 2.45) is 11.8 Å². The van der Waals surface area contributed by atoms with Crippen molar-refractivity contribution < 1.29 is 9.47 Å². The number of rotatable bonds is 2. The number of hydrogen-bond acceptors (Lipinski definition) is 2. The molecule has 3 aliphatic rings. The first kappa shape index (κ1) is 8.03. The van der Waals surface area contributed by atoms with Crippen molar-refractivity contribution in [3.05, 3.63) is 23.3 Å². The first-order valence-corrected chi connectivity index (χ1v) is 5.61. The van der Waals surface area contributed by atoms with Gasteiger partial charge in [-0.1, -0.05) is 0 Å². The molecule has 0 unspecified atom stereocenters. The molecule has 0 spiro atoms. The molecule has 0 radical (unpaired) electrons. The molecule has 0 saturated heterocycles. The Morgan fingerprint density at radius 1 is 1.07 bits per heavy atom. The highest BCUT2D eigenvalue weighted by Crippen LogP contribution is 2.80. The molecule has 4 rings (SSSR count). The lowest BCUT2D eigenvalue weighted by atomic mass is 9.78. The van der Waals surface area contributed by atoms with Gasteiger partial charge in [0.15, 0.2) is 0 Å². The Balaban J connectivity index is 1.97. The van der Waals surface area contributed by atoms with Crippen LogP contribution in [0.25, 0.3) is 0 Å². The Kier molecular flexibility index (Phi) is 1.24. The highest BCUT2D eigenvalue weighted by atomic mass is 16.5. The van der Waals surface area contributed by atoms with Crippen molar-refractivity contribution in [3.8, 4) is 11.5 Å². The van der Waals surface area contributed by atoms with Crippen molar-refractivity contribution in [3.63, 3.8) is 0 Å². The lowest BCUT2D eigenvalue weighted by Crippen LogP contribution is -2.16. The molecule has 78 valence electrons. The molecule has 0 bridgehead atoms. The van der Waals surface area contributed by atoms with E-state index in [-0.39, 0.29) is 0 Å². The lowest BCUT2D eigenvalue weighted by molar-refractivity contribution is 0.351. The summed E-state index contributed by atoms with van der Waals surface area (Å²) in [7, 11) is 3.53. The minimum Gasteiger partial charge on any atom is -0.496 e. The Labute approximate surface area is 89.2 Å². The average molecular weight is 202 g/mol. The van der Waals surface area contributed by atoms with Crippen LogP contribution in [-0.4, -0.2) is 14.2 Å². The lowest BCUT2D eigenvalue weighted by Gasteiger charge is -2.28. The summed E-state index contributed by atoms with van der Waals surface area (Å²) in [4.78, 5) is 0. The van der Waals surface area contributed by atoms with E-state index < -0.39 is 0 Å². The van der Waals surface area contributed by atoms with Gasteiger partial charge in [0.25, 0.3) is 0 Å². The van der Waals surface area contributed by atoms with Crippen LogP contribution in [-0.2, 0) is 0 Å². The highest BCUT2D eigenvalue weighted by Gasteiger charge is 2.70. The molecule has 3 aliphatic carbocycles. The van der Waals surface area contributed by atoms with Crippen molar-refractivity contribution >= 4 is 0 Å². The number of hydrogen-bond donors (Lipinski definition) is 0. The normalized spacial score (nSPS) is 37.7. The molecule has 2 heteroatoms. The minimum absolute atomic E-state index is 0.778. The molecule has 0 aromatic heterocycles. The van der Waals surface area contributed by atoms with E-state index in [1.807, 2.05) is 0 Å². The minimum atomic E-state index is 0.778. The molecule has 0 heterocycles. The van der Waals surface area contributed by atoms with Crippen LogP contribution in [0.2, 0.25) is 0 Å². The second-order valence-electron chi connectivity index (χ2n) is 4.91. The Morgan fingerprint density at radius 3 is 2.40 bits per heavy atom. The van der Waals surface area contributed by atoms with Crippen LogP contribution in [0, 0.1) is 11.8 Å². The average Bonchev–Trinajstić information content (AvgIpc) is 2.73. The summed E-state index contributed by atoms with van der Waals surface area (Å²) >= 11 is 0. The first-order valence-electron chi connectivity index (χ1n) is 5.61. The molecule has 15 heavy (non-hydrogen) atoms. The Hall–Kier alpha value is -1.18. The predicted octanol–water partition coefficient (Wildman–Crippen LogP) is 2.53. The smallest absolute Gasteiger partial charge is 0.122 e. The fourth-order valence-electron chi connectivity index (χ4n) is 3.90. The van der Waals surface area contributed by atoms with Crippen molar-refractivity contribution in [1.29, 1.82) is 0 Å². The molecular weight excluding hydrogens is 188 g/mol. The van der Waals surface area contributed by atoms with Gasteiger partial charge < -0.3 is 9.47 Å². The third-order valence-electron chi connectivity index (χ3n) is 4.57. The molecule has 0 N–H and O–H groups in total. The van der Waals surface area contributed by atoms with E-state index in [1.54, 1.807) is 14.2 Å². The molecule has 2 nitrogen and oxygen atoms in total. The van der Waals surface area contributed by atoms with Crippen LogP contribution in [0.4, 0.5) is 0 Å². The predicted molar refractivity (Wildman–Crippen MR) is 56.6 cm³/mol. The third-order valence-corrected chi connectivity index (χ3v) is 4.57. The SMILES string of the molecule is COc1ccc(OC)c2c1[C@H]1[C@H]3C[C@@H]2[C@@H]31. The summed E-state index contributed by atoms with van der Waals surface area (Å²) in [6.07, 6.45) is 1.38. The quantitative estimate of drug-likeness (QED) is 0.733. The number of ether oxygens (including phenoxy) is 2. The van der Waals surface area contributed by atoms with E-state index in [2.05, 4.69) is 12.1 Å². The zero-order valence-corrected chi connectivity index (χ0v) is 8.99. The van der Waals surface area contributed by atoms with E-state index in [1.165, 1.54) is 17.5 Å². The first-order chi connectivity index (χ1) is 7.36. The van der Waals surface area contributed by atoms with Crippen molar-refractivity contribution in [1.82, 2.24) is 0 Å². The van der Waals surface area contributed by atoms with E-state index in [9.17, 15) is 0 Å².